The molecule has 1 heterocycles. The first kappa shape index (κ1) is 21.1. The zero-order valence-corrected chi connectivity index (χ0v) is 17.2. The second-order valence-corrected chi connectivity index (χ2v) is 7.86. The van der Waals surface area contributed by atoms with Gasteiger partial charge in [-0.2, -0.15) is 4.98 Å². The van der Waals surface area contributed by atoms with Crippen LogP contribution in [0.25, 0.3) is 0 Å². The number of benzene rings is 1. The van der Waals surface area contributed by atoms with Gasteiger partial charge in [0, 0.05) is 11.9 Å². The van der Waals surface area contributed by atoms with E-state index in [4.69, 9.17) is 9.88 Å². The number of ether oxygens (including phenoxy) is 1. The molecule has 0 radical (unpaired) electrons. The quantitative estimate of drug-likeness (QED) is 0.513. The first-order chi connectivity index (χ1) is 12.7. The Bertz CT molecular complexity index is 906. The molecule has 11 heteroatoms. The zero-order valence-electron chi connectivity index (χ0n) is 14.8. The highest BCUT2D eigenvalue weighted by Gasteiger charge is 2.19. The van der Waals surface area contributed by atoms with Crippen molar-refractivity contribution in [3.8, 4) is 0 Å². The van der Waals surface area contributed by atoms with Gasteiger partial charge in [0.1, 0.15) is 11.9 Å². The molecule has 0 aliphatic heterocycles. The van der Waals surface area contributed by atoms with Crippen LogP contribution in [-0.2, 0) is 19.6 Å². The number of sulfonamides is 1. The minimum atomic E-state index is -3.75. The van der Waals surface area contributed by atoms with E-state index in [1.165, 1.54) is 18.3 Å². The van der Waals surface area contributed by atoms with E-state index in [1.807, 2.05) is 6.92 Å². The van der Waals surface area contributed by atoms with E-state index in [-0.39, 0.29) is 16.8 Å². The maximum Gasteiger partial charge on any atom is 0.328 e. The standard InChI is InChI=1S/C16H20BrN5O4S/c1-3-13(15(23)26-4-2)21-14-12(17)9-19-16(22-14)20-10-5-7-11(8-6-10)27(18,24)25/h5-9,13H,3-4H2,1-2H3,(H2,18,24,25)(H2,19,20,21,22). The largest absolute Gasteiger partial charge is 0.464 e. The highest BCUT2D eigenvalue weighted by Crippen LogP contribution is 2.23. The van der Waals surface area contributed by atoms with Crippen LogP contribution in [0.1, 0.15) is 20.3 Å². The van der Waals surface area contributed by atoms with Gasteiger partial charge in [-0.05, 0) is 53.5 Å². The molecule has 0 amide bonds. The minimum Gasteiger partial charge on any atom is -0.464 e. The molecular weight excluding hydrogens is 438 g/mol. The Balaban J connectivity index is 2.18. The Morgan fingerprint density at radius 2 is 1.96 bits per heavy atom. The molecule has 0 fully saturated rings. The van der Waals surface area contributed by atoms with Crippen molar-refractivity contribution in [1.82, 2.24) is 9.97 Å². The highest BCUT2D eigenvalue weighted by atomic mass is 79.9. The van der Waals surface area contributed by atoms with Gasteiger partial charge >= 0.3 is 5.97 Å². The Morgan fingerprint density at radius 3 is 2.52 bits per heavy atom. The first-order valence-corrected chi connectivity index (χ1v) is 10.4. The van der Waals surface area contributed by atoms with E-state index in [1.54, 1.807) is 19.1 Å². The second-order valence-electron chi connectivity index (χ2n) is 5.44. The number of aromatic nitrogens is 2. The normalized spacial score (nSPS) is 12.3. The van der Waals surface area contributed by atoms with Gasteiger partial charge in [-0.25, -0.2) is 23.3 Å². The van der Waals surface area contributed by atoms with E-state index in [2.05, 4.69) is 36.5 Å². The molecule has 9 nitrogen and oxygen atoms in total. The van der Waals surface area contributed by atoms with Crippen LogP contribution < -0.4 is 15.8 Å². The molecule has 1 atom stereocenters. The number of primary sulfonamides is 1. The van der Waals surface area contributed by atoms with Crippen LogP contribution in [0, 0.1) is 0 Å². The number of carbonyl (C=O) groups is 1. The van der Waals surface area contributed by atoms with Crippen molar-refractivity contribution >= 4 is 49.4 Å². The Hall–Kier alpha value is -2.24. The third-order valence-corrected chi connectivity index (χ3v) is 4.98. The summed E-state index contributed by atoms with van der Waals surface area (Å²) in [5, 5.41) is 11.1. The number of esters is 1. The van der Waals surface area contributed by atoms with Crippen LogP contribution >= 0.6 is 15.9 Å². The summed E-state index contributed by atoms with van der Waals surface area (Å²) in [7, 11) is -3.75. The summed E-state index contributed by atoms with van der Waals surface area (Å²) in [4.78, 5) is 20.5. The van der Waals surface area contributed by atoms with Crippen molar-refractivity contribution in [3.05, 3.63) is 34.9 Å². The predicted octanol–water partition coefficient (Wildman–Crippen LogP) is 2.38. The summed E-state index contributed by atoms with van der Waals surface area (Å²) >= 11 is 3.35. The average molecular weight is 458 g/mol. The molecule has 0 spiro atoms. The highest BCUT2D eigenvalue weighted by molar-refractivity contribution is 9.10. The summed E-state index contributed by atoms with van der Waals surface area (Å²) in [6.45, 7) is 3.90. The lowest BCUT2D eigenvalue weighted by Crippen LogP contribution is -2.31. The van der Waals surface area contributed by atoms with Crippen LogP contribution in [0.3, 0.4) is 0 Å². The summed E-state index contributed by atoms with van der Waals surface area (Å²) < 4.78 is 28.2. The zero-order chi connectivity index (χ0) is 20.0. The molecule has 0 aliphatic rings. The molecule has 2 aromatic rings. The second kappa shape index (κ2) is 9.11. The van der Waals surface area contributed by atoms with E-state index in [0.29, 0.717) is 29.0 Å². The molecule has 0 aliphatic carbocycles. The van der Waals surface area contributed by atoms with Crippen molar-refractivity contribution in [2.75, 3.05) is 17.2 Å². The molecule has 2 rings (SSSR count). The summed E-state index contributed by atoms with van der Waals surface area (Å²) in [6.07, 6.45) is 2.06. The van der Waals surface area contributed by atoms with Crippen molar-refractivity contribution in [2.45, 2.75) is 31.2 Å². The van der Waals surface area contributed by atoms with Gasteiger partial charge < -0.3 is 15.4 Å². The number of nitrogens with two attached hydrogens (primary N) is 1. The third-order valence-electron chi connectivity index (χ3n) is 3.47. The molecule has 0 saturated carbocycles. The molecule has 146 valence electrons. The van der Waals surface area contributed by atoms with Crippen LogP contribution in [0.5, 0.6) is 0 Å². The van der Waals surface area contributed by atoms with Crippen LogP contribution in [0.2, 0.25) is 0 Å². The minimum absolute atomic E-state index is 0.00681. The number of rotatable bonds is 8. The van der Waals surface area contributed by atoms with Crippen LogP contribution in [-0.4, -0.2) is 37.0 Å². The molecule has 1 unspecified atom stereocenters. The predicted molar refractivity (Wildman–Crippen MR) is 105 cm³/mol. The fourth-order valence-corrected chi connectivity index (χ4v) is 2.94. The van der Waals surface area contributed by atoms with Crippen molar-refractivity contribution in [2.24, 2.45) is 5.14 Å². The lowest BCUT2D eigenvalue weighted by molar-refractivity contribution is -0.144. The van der Waals surface area contributed by atoms with Crippen LogP contribution in [0.15, 0.2) is 39.8 Å². The Kier molecular flexibility index (Phi) is 7.11. The van der Waals surface area contributed by atoms with Gasteiger partial charge in [0.15, 0.2) is 0 Å². The Labute approximate surface area is 165 Å². The number of hydrogen-bond acceptors (Lipinski definition) is 8. The SMILES string of the molecule is CCOC(=O)C(CC)Nc1nc(Nc2ccc(S(N)(=O)=O)cc2)ncc1Br. The number of nitrogens with zero attached hydrogens (tertiary/aromatic N) is 2. The third kappa shape index (κ3) is 5.88. The topological polar surface area (TPSA) is 136 Å². The van der Waals surface area contributed by atoms with E-state index in [9.17, 15) is 13.2 Å². The molecule has 1 aromatic heterocycles. The Morgan fingerprint density at radius 1 is 1.30 bits per heavy atom. The number of halogens is 1. The monoisotopic (exact) mass is 457 g/mol. The maximum atomic E-state index is 12.0. The number of nitrogens with one attached hydrogen (secondary N) is 2. The summed E-state index contributed by atoms with van der Waals surface area (Å²) in [5.41, 5.74) is 0.577. The van der Waals surface area contributed by atoms with E-state index in [0.717, 1.165) is 0 Å². The van der Waals surface area contributed by atoms with Gasteiger partial charge in [0.05, 0.1) is 16.0 Å². The van der Waals surface area contributed by atoms with E-state index < -0.39 is 16.1 Å². The fraction of sp³-hybridized carbons (Fsp3) is 0.312. The molecule has 27 heavy (non-hydrogen) atoms. The van der Waals surface area contributed by atoms with Crippen molar-refractivity contribution < 1.29 is 17.9 Å². The van der Waals surface area contributed by atoms with Crippen molar-refractivity contribution in [1.29, 1.82) is 0 Å². The fourth-order valence-electron chi connectivity index (χ4n) is 2.12. The number of hydrogen-bond donors (Lipinski definition) is 3. The van der Waals surface area contributed by atoms with Gasteiger partial charge in [0.25, 0.3) is 0 Å². The molecule has 0 bridgehead atoms. The smallest absolute Gasteiger partial charge is 0.328 e. The molecule has 1 aromatic carbocycles. The lowest BCUT2D eigenvalue weighted by Gasteiger charge is -2.17. The van der Waals surface area contributed by atoms with Gasteiger partial charge in [-0.1, -0.05) is 6.92 Å². The van der Waals surface area contributed by atoms with E-state index >= 15 is 0 Å². The van der Waals surface area contributed by atoms with Gasteiger partial charge in [-0.15, -0.1) is 0 Å². The molecule has 4 N–H and O–H groups in total. The molecular formula is C16H20BrN5O4S. The van der Waals surface area contributed by atoms with Gasteiger partial charge in [0.2, 0.25) is 16.0 Å². The van der Waals surface area contributed by atoms with Crippen LogP contribution in [0.4, 0.5) is 17.5 Å². The first-order valence-electron chi connectivity index (χ1n) is 8.10. The maximum absolute atomic E-state index is 12.0. The summed E-state index contributed by atoms with van der Waals surface area (Å²) in [6, 6.07) is 5.31. The average Bonchev–Trinajstić information content (AvgIpc) is 2.62. The van der Waals surface area contributed by atoms with Gasteiger partial charge in [-0.3, -0.25) is 0 Å². The molecule has 0 saturated heterocycles. The number of carbonyl (C=O) groups excluding carboxylic acids is 1. The van der Waals surface area contributed by atoms with Crippen molar-refractivity contribution in [3.63, 3.8) is 0 Å². The summed E-state index contributed by atoms with van der Waals surface area (Å²) in [5.74, 6) is 0.329. The number of anilines is 3. The lowest BCUT2D eigenvalue weighted by atomic mass is 10.2.